The molecule has 20 nitrogen and oxygen atoms in total. The molecular weight excluding hydrogens is 1050 g/mol. The van der Waals surface area contributed by atoms with E-state index in [1.165, 1.54) is 0 Å². The molecule has 6 aromatic rings. The van der Waals surface area contributed by atoms with Crippen molar-refractivity contribution in [3.8, 4) is 23.2 Å². The summed E-state index contributed by atoms with van der Waals surface area (Å²) < 4.78 is 10.8. The zero-order chi connectivity index (χ0) is 54.2. The Morgan fingerprint density at radius 3 is 1.51 bits per heavy atom. The van der Waals surface area contributed by atoms with Crippen LogP contribution in [-0.2, 0) is 0 Å². The lowest BCUT2D eigenvalue weighted by Crippen LogP contribution is -2.59. The van der Waals surface area contributed by atoms with Crippen molar-refractivity contribution in [3.63, 3.8) is 0 Å². The van der Waals surface area contributed by atoms with Gasteiger partial charge in [0, 0.05) is 143 Å². The predicted molar refractivity (Wildman–Crippen MR) is 300 cm³/mol. The second-order valence-corrected chi connectivity index (χ2v) is 20.5. The van der Waals surface area contributed by atoms with Gasteiger partial charge in [-0.05, 0) is 87.1 Å². The minimum atomic E-state index is -0.420. The van der Waals surface area contributed by atoms with Crippen molar-refractivity contribution in [2.24, 2.45) is 0 Å². The zero-order valence-electron chi connectivity index (χ0n) is 42.8. The van der Waals surface area contributed by atoms with Crippen molar-refractivity contribution in [2.45, 2.75) is 90.4 Å². The normalized spacial score (nSPS) is 18.9. The van der Waals surface area contributed by atoms with Crippen LogP contribution in [0.3, 0.4) is 0 Å². The molecule has 0 bridgehead atoms. The summed E-state index contributed by atoms with van der Waals surface area (Å²) in [6.07, 6.45) is 5.68. The summed E-state index contributed by atoms with van der Waals surface area (Å²) in [5.41, 5.74) is 7.44. The van der Waals surface area contributed by atoms with E-state index in [9.17, 15) is 14.4 Å². The first kappa shape index (κ1) is 56.4. The number of H-pyrrole nitrogens is 1. The average Bonchev–Trinajstić information content (AvgIpc) is 4.10. The number of piperazine rings is 2. The van der Waals surface area contributed by atoms with Crippen LogP contribution in [0.2, 0.25) is 20.4 Å². The van der Waals surface area contributed by atoms with Crippen LogP contribution < -0.4 is 21.1 Å². The molecule has 4 aliphatic heterocycles. The molecule has 4 aliphatic rings. The SMILES string of the molecule is CC[C@H]1CN(c2[nH]c(=O)c(-c3nnc(C)o3)nc2Cl)CCN1C1CCN(C(=O)c2ccc(Cl)cc2)CC1.CC[C@H]1CN(c2nc(N)c(-c3nnc(C)o3)nc2Cl)CCN1C1CCN(C(=O)c2ccc(Cl)cc2)CC1.[B][B].[HH].[HH]. The number of aromatic nitrogens is 8. The third-order valence-corrected chi connectivity index (χ3v) is 15.4. The number of likely N-dealkylation sites (tertiary alicyclic amines) is 2. The van der Waals surface area contributed by atoms with Gasteiger partial charge in [-0.3, -0.25) is 24.2 Å². The van der Waals surface area contributed by atoms with E-state index in [0.717, 1.165) is 97.4 Å². The zero-order valence-corrected chi connectivity index (χ0v) is 45.9. The van der Waals surface area contributed by atoms with Crippen LogP contribution in [0.25, 0.3) is 23.2 Å². The minimum absolute atomic E-state index is 0. The number of nitrogen functional groups attached to an aromatic ring is 1. The fourth-order valence-electron chi connectivity index (χ4n) is 10.5. The lowest BCUT2D eigenvalue weighted by Gasteiger charge is -2.47. The minimum Gasteiger partial charge on any atom is -0.420 e. The number of aryl methyl sites for hydroxylation is 2. The van der Waals surface area contributed by atoms with Gasteiger partial charge in [0.2, 0.25) is 11.8 Å². The summed E-state index contributed by atoms with van der Waals surface area (Å²) in [5, 5.41) is 17.2. The highest BCUT2D eigenvalue weighted by molar-refractivity contribution is 6.75. The number of amides is 2. The number of nitrogens with one attached hydrogen (secondary N) is 1. The van der Waals surface area contributed by atoms with Crippen LogP contribution in [0, 0.1) is 13.8 Å². The van der Waals surface area contributed by atoms with Crippen molar-refractivity contribution in [3.05, 3.63) is 102 Å². The summed E-state index contributed by atoms with van der Waals surface area (Å²) in [6.45, 7) is 15.3. The summed E-state index contributed by atoms with van der Waals surface area (Å²) >= 11 is 25.0. The quantitative estimate of drug-likeness (QED) is 0.128. The number of nitrogens with two attached hydrogens (primary N) is 1. The molecule has 4 aromatic heterocycles. The summed E-state index contributed by atoms with van der Waals surface area (Å²) in [4.78, 5) is 67.9. The van der Waals surface area contributed by atoms with Crippen LogP contribution >= 0.6 is 46.4 Å². The van der Waals surface area contributed by atoms with Crippen LogP contribution in [0.1, 0.15) is 87.7 Å². The molecule has 2 atom stereocenters. The molecule has 0 saturated carbocycles. The Morgan fingerprint density at radius 1 is 0.632 bits per heavy atom. The van der Waals surface area contributed by atoms with Crippen molar-refractivity contribution in [2.75, 3.05) is 81.0 Å². The highest BCUT2D eigenvalue weighted by atomic mass is 35.5. The largest absolute Gasteiger partial charge is 0.420 e. The van der Waals surface area contributed by atoms with Crippen LogP contribution in [0.5, 0.6) is 0 Å². The van der Waals surface area contributed by atoms with Gasteiger partial charge in [0.05, 0.1) is 0 Å². The van der Waals surface area contributed by atoms with Crippen LogP contribution in [-0.4, -0.2) is 177 Å². The molecular formula is C50H63B2Cl4N15O5. The molecule has 4 radical (unpaired) electrons. The number of hydrogen-bond donors (Lipinski definition) is 2. The maximum atomic E-state index is 12.9. The Hall–Kier alpha value is -5.77. The number of carbonyl (C=O) groups is 2. The summed E-state index contributed by atoms with van der Waals surface area (Å²) in [6, 6.07) is 15.6. The Bertz CT molecular complexity index is 3000. The van der Waals surface area contributed by atoms with Crippen LogP contribution in [0.4, 0.5) is 17.5 Å². The number of rotatable bonds is 10. The summed E-state index contributed by atoms with van der Waals surface area (Å²) in [5.74, 6) is 2.41. The first-order valence-corrected chi connectivity index (χ1v) is 26.9. The molecule has 10 rings (SSSR count). The smallest absolute Gasteiger partial charge is 0.281 e. The van der Waals surface area contributed by atoms with Crippen LogP contribution in [0.15, 0.2) is 62.2 Å². The lowest BCUT2D eigenvalue weighted by atomic mass is 9.81. The van der Waals surface area contributed by atoms with Gasteiger partial charge in [-0.2, -0.15) is 0 Å². The van der Waals surface area contributed by atoms with Gasteiger partial charge in [-0.25, -0.2) is 15.0 Å². The molecule has 0 unspecified atom stereocenters. The molecule has 4 saturated heterocycles. The van der Waals surface area contributed by atoms with Crippen molar-refractivity contribution < 1.29 is 21.3 Å². The van der Waals surface area contributed by atoms with Crippen molar-refractivity contribution in [1.82, 2.24) is 59.9 Å². The van der Waals surface area contributed by atoms with E-state index < -0.39 is 5.56 Å². The number of aromatic amines is 1. The van der Waals surface area contributed by atoms with E-state index in [1.54, 1.807) is 62.4 Å². The Morgan fingerprint density at radius 2 is 1.07 bits per heavy atom. The lowest BCUT2D eigenvalue weighted by molar-refractivity contribution is 0.0485. The number of carbonyl (C=O) groups excluding carboxylic acids is 2. The monoisotopic (exact) mass is 1120 g/mol. The third kappa shape index (κ3) is 13.0. The van der Waals surface area contributed by atoms with Gasteiger partial charge in [0.15, 0.2) is 33.3 Å². The highest BCUT2D eigenvalue weighted by Gasteiger charge is 2.37. The van der Waals surface area contributed by atoms with Gasteiger partial charge in [-0.15, -0.1) is 20.4 Å². The maximum absolute atomic E-state index is 12.9. The van der Waals surface area contributed by atoms with Gasteiger partial charge < -0.3 is 39.2 Å². The number of nitrogens with zero attached hydrogens (tertiary/aromatic N) is 13. The Labute approximate surface area is 466 Å². The summed E-state index contributed by atoms with van der Waals surface area (Å²) in [7, 11) is 8.00. The molecule has 76 heavy (non-hydrogen) atoms. The number of anilines is 3. The molecule has 4 fully saturated rings. The molecule has 0 spiro atoms. The number of hydrogen-bond acceptors (Lipinski definition) is 17. The Kier molecular flexibility index (Phi) is 19.0. The van der Waals surface area contributed by atoms with E-state index in [2.05, 4.69) is 89.3 Å². The van der Waals surface area contributed by atoms with Gasteiger partial charge in [0.25, 0.3) is 29.2 Å². The van der Waals surface area contributed by atoms with Gasteiger partial charge in [-0.1, -0.05) is 60.3 Å². The molecule has 402 valence electrons. The fraction of sp³-hybridized carbons (Fsp3) is 0.480. The standard InChI is InChI=1S/C25H30Cl2N8O2.C25H29Cl2N7O3.B2.2H2/c1-3-18-14-34(23-21(27)29-20(22(28)30-23)24-32-31-15(2)37-24)12-13-35(18)19-8-10-33(11-9-19)25(36)16-4-6-17(26)7-5-16;1-3-18-14-33(22-21(27)28-20(23(35)29-22)24-31-30-15(2)37-24)12-13-34(18)19-8-10-32(11-9-19)25(36)16-4-6-17(26)7-5-16;1-2;;/h4-7,18-19H,3,8-14H2,1-2H3,(H2,28,30);4-7,18-19H,3,8-14H2,1-2H3,(H,29,35);;2*1H/t2*18-;;;/m00.../s1. The fourth-order valence-corrected chi connectivity index (χ4v) is 11.3. The van der Waals surface area contributed by atoms with Gasteiger partial charge in [0.1, 0.15) is 5.82 Å². The van der Waals surface area contributed by atoms with Gasteiger partial charge >= 0.3 is 0 Å². The second kappa shape index (κ2) is 25.6. The number of benzene rings is 2. The second-order valence-electron chi connectivity index (χ2n) is 18.9. The first-order chi connectivity index (χ1) is 36.7. The highest BCUT2D eigenvalue weighted by Crippen LogP contribution is 2.34. The topological polar surface area (TPSA) is 229 Å². The average molecular weight is 1120 g/mol. The molecule has 26 heteroatoms. The maximum Gasteiger partial charge on any atom is 0.281 e. The number of halogens is 4. The van der Waals surface area contributed by atoms with E-state index in [4.69, 9.17) is 61.0 Å². The molecule has 2 amide bonds. The Balaban J connectivity index is 0.000000239. The predicted octanol–water partition coefficient (Wildman–Crippen LogP) is 7.30. The molecule has 2 aromatic carbocycles. The number of piperidine rings is 2. The first-order valence-electron chi connectivity index (χ1n) is 25.4. The molecule has 8 heterocycles. The van der Waals surface area contributed by atoms with Crippen molar-refractivity contribution >= 4 is 91.1 Å². The van der Waals surface area contributed by atoms with E-state index in [-0.39, 0.29) is 54.3 Å². The van der Waals surface area contributed by atoms with E-state index in [0.29, 0.717) is 75.0 Å². The molecule has 0 aliphatic carbocycles. The van der Waals surface area contributed by atoms with E-state index in [1.807, 2.05) is 9.80 Å². The van der Waals surface area contributed by atoms with Crippen molar-refractivity contribution in [1.29, 1.82) is 0 Å². The molecule has 3 N–H and O–H groups in total. The van der Waals surface area contributed by atoms with E-state index >= 15 is 0 Å². The third-order valence-electron chi connectivity index (χ3n) is 14.4.